The van der Waals surface area contributed by atoms with Crippen LogP contribution in [0.1, 0.15) is 31.3 Å². The van der Waals surface area contributed by atoms with Crippen LogP contribution in [0.5, 0.6) is 0 Å². The molecule has 0 aliphatic rings. The normalized spacial score (nSPS) is 11.3. The van der Waals surface area contributed by atoms with Crippen molar-refractivity contribution in [3.05, 3.63) is 70.5 Å². The molecule has 8 heteroatoms. The van der Waals surface area contributed by atoms with E-state index in [0.29, 0.717) is 28.4 Å². The van der Waals surface area contributed by atoms with Crippen LogP contribution >= 0.6 is 0 Å². The molecule has 2 heterocycles. The van der Waals surface area contributed by atoms with Gasteiger partial charge in [-0.15, -0.1) is 0 Å². The summed E-state index contributed by atoms with van der Waals surface area (Å²) < 4.78 is 12.1. The minimum Gasteiger partial charge on any atom is -0.408 e. The van der Waals surface area contributed by atoms with Crippen molar-refractivity contribution in [2.45, 2.75) is 32.9 Å². The van der Waals surface area contributed by atoms with Gasteiger partial charge in [-0.3, -0.25) is 9.36 Å². The minimum absolute atomic E-state index is 0.00845. The Morgan fingerprint density at radius 1 is 1.17 bits per heavy atom. The molecule has 4 rings (SSSR count). The summed E-state index contributed by atoms with van der Waals surface area (Å²) in [5, 5.41) is 6.72. The maximum absolute atomic E-state index is 12.1. The van der Waals surface area contributed by atoms with Crippen LogP contribution < -0.4 is 11.1 Å². The fourth-order valence-corrected chi connectivity index (χ4v) is 3.13. The van der Waals surface area contributed by atoms with Crippen molar-refractivity contribution in [1.82, 2.24) is 20.0 Å². The van der Waals surface area contributed by atoms with Crippen LogP contribution in [-0.2, 0) is 17.8 Å². The maximum atomic E-state index is 12.1. The molecule has 4 aromatic rings. The summed E-state index contributed by atoms with van der Waals surface area (Å²) in [7, 11) is 0. The lowest BCUT2D eigenvalue weighted by molar-refractivity contribution is -0.120. The van der Waals surface area contributed by atoms with Crippen LogP contribution in [0.2, 0.25) is 0 Å². The van der Waals surface area contributed by atoms with Crippen molar-refractivity contribution in [1.29, 1.82) is 0 Å². The fraction of sp³-hybridized carbons (Fsp3) is 0.238. The number of oxazole rings is 1. The smallest absolute Gasteiger partial charge is 0.408 e. The Bertz CT molecular complexity index is 1200. The van der Waals surface area contributed by atoms with Gasteiger partial charge in [-0.1, -0.05) is 35.5 Å². The van der Waals surface area contributed by atoms with Gasteiger partial charge in [0.1, 0.15) is 0 Å². The summed E-state index contributed by atoms with van der Waals surface area (Å²) in [6.07, 6.45) is 0.282. The number of carbonyl (C=O) groups excluding carboxylic acids is 1. The number of hydrogen-bond acceptors (Lipinski definition) is 6. The summed E-state index contributed by atoms with van der Waals surface area (Å²) in [5.41, 5.74) is 2.77. The topological polar surface area (TPSA) is 103 Å². The number of benzene rings is 2. The summed E-state index contributed by atoms with van der Waals surface area (Å²) in [5.74, 6) is 0.123. The standard InChI is InChI=1S/C21H20N4O4/c1-13(2)25-16-9-8-15(11-17(16)28-21(25)27)20-23-19(29-24-20)12-22-18(26)10-14-6-4-3-5-7-14/h3-9,11,13H,10,12H2,1-2H3,(H,22,26). The van der Waals surface area contributed by atoms with E-state index in [4.69, 9.17) is 8.94 Å². The van der Waals surface area contributed by atoms with Crippen molar-refractivity contribution in [3.8, 4) is 11.4 Å². The van der Waals surface area contributed by atoms with Crippen LogP contribution in [0.15, 0.2) is 62.3 Å². The SMILES string of the molecule is CC(C)n1c(=O)oc2cc(-c3noc(CNC(=O)Cc4ccccc4)n3)ccc21. The van der Waals surface area contributed by atoms with Gasteiger partial charge in [-0.2, -0.15) is 4.98 Å². The molecule has 1 N–H and O–H groups in total. The molecule has 0 radical (unpaired) electrons. The quantitative estimate of drug-likeness (QED) is 0.541. The van der Waals surface area contributed by atoms with Gasteiger partial charge in [0.15, 0.2) is 5.58 Å². The molecular weight excluding hydrogens is 372 g/mol. The molecule has 0 unspecified atom stereocenters. The largest absolute Gasteiger partial charge is 0.420 e. The average molecular weight is 392 g/mol. The highest BCUT2D eigenvalue weighted by molar-refractivity contribution is 5.79. The summed E-state index contributed by atoms with van der Waals surface area (Å²) in [4.78, 5) is 28.4. The Hall–Kier alpha value is -3.68. The van der Waals surface area contributed by atoms with Crippen molar-refractivity contribution in [2.75, 3.05) is 0 Å². The molecule has 0 aliphatic heterocycles. The first kappa shape index (κ1) is 18.7. The van der Waals surface area contributed by atoms with E-state index in [1.54, 1.807) is 22.8 Å². The molecule has 0 saturated carbocycles. The van der Waals surface area contributed by atoms with E-state index in [2.05, 4.69) is 15.5 Å². The van der Waals surface area contributed by atoms with E-state index in [9.17, 15) is 9.59 Å². The van der Waals surface area contributed by atoms with Crippen LogP contribution in [0.25, 0.3) is 22.5 Å². The predicted molar refractivity (Wildman–Crippen MR) is 106 cm³/mol. The van der Waals surface area contributed by atoms with Crippen molar-refractivity contribution in [2.24, 2.45) is 0 Å². The second-order valence-corrected chi connectivity index (χ2v) is 6.97. The first-order valence-corrected chi connectivity index (χ1v) is 9.30. The highest BCUT2D eigenvalue weighted by atomic mass is 16.5. The predicted octanol–water partition coefficient (Wildman–Crippen LogP) is 3.08. The summed E-state index contributed by atoms with van der Waals surface area (Å²) in [6.45, 7) is 3.98. The number of nitrogens with one attached hydrogen (secondary N) is 1. The third-order valence-corrected chi connectivity index (χ3v) is 4.50. The maximum Gasteiger partial charge on any atom is 0.420 e. The highest BCUT2D eigenvalue weighted by Gasteiger charge is 2.15. The van der Waals surface area contributed by atoms with E-state index < -0.39 is 5.76 Å². The molecule has 0 aliphatic carbocycles. The molecule has 2 aromatic heterocycles. The van der Waals surface area contributed by atoms with E-state index >= 15 is 0 Å². The Labute approximate surface area is 166 Å². The van der Waals surface area contributed by atoms with Gasteiger partial charge in [0.25, 0.3) is 0 Å². The van der Waals surface area contributed by atoms with Crippen molar-refractivity contribution < 1.29 is 13.7 Å². The van der Waals surface area contributed by atoms with Gasteiger partial charge in [-0.25, -0.2) is 4.79 Å². The second kappa shape index (κ2) is 7.75. The average Bonchev–Trinajstić information content (AvgIpc) is 3.30. The number of nitrogens with zero attached hydrogens (tertiary/aromatic N) is 3. The molecule has 0 fully saturated rings. The first-order chi connectivity index (χ1) is 14.0. The Morgan fingerprint density at radius 2 is 1.97 bits per heavy atom. The molecule has 0 bridgehead atoms. The zero-order chi connectivity index (χ0) is 20.4. The summed E-state index contributed by atoms with van der Waals surface area (Å²) >= 11 is 0. The number of aromatic nitrogens is 3. The molecule has 1 amide bonds. The monoisotopic (exact) mass is 392 g/mol. The van der Waals surface area contributed by atoms with Crippen LogP contribution in [0, 0.1) is 0 Å². The zero-order valence-electron chi connectivity index (χ0n) is 16.1. The molecule has 0 atom stereocenters. The van der Waals surface area contributed by atoms with Crippen LogP contribution in [0.4, 0.5) is 0 Å². The minimum atomic E-state index is -0.401. The van der Waals surface area contributed by atoms with Crippen molar-refractivity contribution >= 4 is 17.0 Å². The number of carbonyl (C=O) groups is 1. The zero-order valence-corrected chi connectivity index (χ0v) is 16.1. The van der Waals surface area contributed by atoms with Gasteiger partial charge in [0.2, 0.25) is 17.6 Å². The first-order valence-electron chi connectivity index (χ1n) is 9.30. The number of amides is 1. The Morgan fingerprint density at radius 3 is 2.72 bits per heavy atom. The summed E-state index contributed by atoms with van der Waals surface area (Å²) in [6, 6.07) is 14.8. The van der Waals surface area contributed by atoms with Crippen molar-refractivity contribution in [3.63, 3.8) is 0 Å². The third kappa shape index (κ3) is 3.96. The molecule has 29 heavy (non-hydrogen) atoms. The number of rotatable bonds is 6. The van der Waals surface area contributed by atoms with Crippen LogP contribution in [0.3, 0.4) is 0 Å². The van der Waals surface area contributed by atoms with Gasteiger partial charge >= 0.3 is 5.76 Å². The molecular formula is C21H20N4O4. The molecule has 148 valence electrons. The number of hydrogen-bond donors (Lipinski definition) is 1. The van der Waals surface area contributed by atoms with Gasteiger partial charge in [0, 0.05) is 11.6 Å². The molecule has 2 aromatic carbocycles. The number of fused-ring (bicyclic) bond motifs is 1. The lowest BCUT2D eigenvalue weighted by atomic mass is 10.1. The van der Waals surface area contributed by atoms with Gasteiger partial charge in [-0.05, 0) is 37.6 Å². The van der Waals surface area contributed by atoms with Crippen LogP contribution in [-0.4, -0.2) is 20.6 Å². The fourth-order valence-electron chi connectivity index (χ4n) is 3.13. The van der Waals surface area contributed by atoms with Gasteiger partial charge in [0.05, 0.1) is 18.5 Å². The van der Waals surface area contributed by atoms with E-state index in [-0.39, 0.29) is 24.9 Å². The van der Waals surface area contributed by atoms with Gasteiger partial charge < -0.3 is 14.3 Å². The highest BCUT2D eigenvalue weighted by Crippen LogP contribution is 2.23. The van der Waals surface area contributed by atoms with E-state index in [0.717, 1.165) is 5.56 Å². The molecule has 0 saturated heterocycles. The second-order valence-electron chi connectivity index (χ2n) is 6.97. The molecule has 0 spiro atoms. The third-order valence-electron chi connectivity index (χ3n) is 4.50. The lowest BCUT2D eigenvalue weighted by Gasteiger charge is -2.04. The van der Waals surface area contributed by atoms with E-state index in [1.165, 1.54) is 0 Å². The van der Waals surface area contributed by atoms with E-state index in [1.807, 2.05) is 44.2 Å². The Balaban J connectivity index is 1.46. The Kier molecular flexibility index (Phi) is 4.99. The lowest BCUT2D eigenvalue weighted by Crippen LogP contribution is -2.24. The molecule has 8 nitrogen and oxygen atoms in total.